The van der Waals surface area contributed by atoms with Crippen molar-refractivity contribution in [3.05, 3.63) is 34.6 Å². The lowest BCUT2D eigenvalue weighted by molar-refractivity contribution is -0.154. The summed E-state index contributed by atoms with van der Waals surface area (Å²) in [5, 5.41) is 2.98. The van der Waals surface area contributed by atoms with E-state index in [1.54, 1.807) is 15.9 Å². The lowest BCUT2D eigenvalue weighted by Crippen LogP contribution is -2.59. The molecule has 0 unspecified atom stereocenters. The molecule has 6 nitrogen and oxygen atoms in total. The third-order valence-corrected chi connectivity index (χ3v) is 6.64. The molecule has 1 N–H and O–H groups in total. The Morgan fingerprint density at radius 1 is 1.25 bits per heavy atom. The number of hydrogen-bond acceptors (Lipinski definition) is 3. The van der Waals surface area contributed by atoms with Crippen molar-refractivity contribution in [3.63, 3.8) is 0 Å². The number of fused-ring (bicyclic) bond motifs is 1. The lowest BCUT2D eigenvalue weighted by atomic mass is 9.61. The number of likely N-dealkylation sites (tertiary alicyclic amines) is 1. The number of amides is 3. The second-order valence-corrected chi connectivity index (χ2v) is 8.29. The van der Waals surface area contributed by atoms with Crippen molar-refractivity contribution in [2.45, 2.75) is 19.3 Å². The highest BCUT2D eigenvalue weighted by molar-refractivity contribution is 6.31. The van der Waals surface area contributed by atoms with Gasteiger partial charge in [-0.05, 0) is 36.8 Å². The summed E-state index contributed by atoms with van der Waals surface area (Å²) in [5.41, 5.74) is 0.219. The molecule has 0 spiro atoms. The normalized spacial score (nSPS) is 26.9. The van der Waals surface area contributed by atoms with E-state index in [0.717, 1.165) is 12.8 Å². The minimum Gasteiger partial charge on any atom is -0.353 e. The van der Waals surface area contributed by atoms with E-state index in [0.29, 0.717) is 32.1 Å². The fraction of sp³-hybridized carbons (Fsp3) is 0.550. The highest BCUT2D eigenvalue weighted by atomic mass is 35.5. The molecule has 1 aliphatic carbocycles. The van der Waals surface area contributed by atoms with Gasteiger partial charge in [-0.25, -0.2) is 4.39 Å². The maximum Gasteiger partial charge on any atom is 0.239 e. The first-order chi connectivity index (χ1) is 13.4. The van der Waals surface area contributed by atoms with Crippen LogP contribution in [0, 0.1) is 23.6 Å². The van der Waals surface area contributed by atoms with Crippen LogP contribution in [0.15, 0.2) is 18.2 Å². The molecule has 3 atom stereocenters. The van der Waals surface area contributed by atoms with Gasteiger partial charge >= 0.3 is 0 Å². The van der Waals surface area contributed by atoms with Gasteiger partial charge in [0.25, 0.3) is 0 Å². The minimum absolute atomic E-state index is 0.0162. The molecule has 8 heteroatoms. The van der Waals surface area contributed by atoms with Crippen LogP contribution in [0.4, 0.5) is 4.39 Å². The Morgan fingerprint density at radius 3 is 2.82 bits per heavy atom. The molecule has 2 aliphatic heterocycles. The number of carbonyl (C=O) groups is 3. The van der Waals surface area contributed by atoms with Crippen molar-refractivity contribution in [2.75, 3.05) is 32.7 Å². The van der Waals surface area contributed by atoms with E-state index in [4.69, 9.17) is 11.6 Å². The molecule has 0 aromatic heterocycles. The SMILES string of the molecule is O=C1CN(C(=O)[C@@H]2C[C@H]3CCN(C(=O)Cc4c(F)cccc4Cl)C[C@H]32)CCN1. The van der Waals surface area contributed by atoms with Crippen molar-refractivity contribution in [3.8, 4) is 0 Å². The van der Waals surface area contributed by atoms with Gasteiger partial charge in [-0.3, -0.25) is 14.4 Å². The summed E-state index contributed by atoms with van der Waals surface area (Å²) < 4.78 is 14.0. The smallest absolute Gasteiger partial charge is 0.239 e. The number of benzene rings is 1. The van der Waals surface area contributed by atoms with Crippen LogP contribution < -0.4 is 5.32 Å². The number of nitrogens with zero attached hydrogens (tertiary/aromatic N) is 2. The van der Waals surface area contributed by atoms with E-state index in [-0.39, 0.29) is 53.1 Å². The Hall–Kier alpha value is -2.15. The highest BCUT2D eigenvalue weighted by Gasteiger charge is 2.49. The van der Waals surface area contributed by atoms with Gasteiger partial charge < -0.3 is 15.1 Å². The maximum absolute atomic E-state index is 14.0. The van der Waals surface area contributed by atoms with E-state index in [1.165, 1.54) is 12.1 Å². The Labute approximate surface area is 168 Å². The summed E-state index contributed by atoms with van der Waals surface area (Å²) in [6, 6.07) is 4.40. The molecule has 0 radical (unpaired) electrons. The van der Waals surface area contributed by atoms with Crippen LogP contribution in [0.5, 0.6) is 0 Å². The molecule has 0 bridgehead atoms. The number of hydrogen-bond donors (Lipinski definition) is 1. The predicted octanol–water partition coefficient (Wildman–Crippen LogP) is 1.46. The predicted molar refractivity (Wildman–Crippen MR) is 101 cm³/mol. The van der Waals surface area contributed by atoms with Crippen molar-refractivity contribution in [1.82, 2.24) is 15.1 Å². The Bertz CT molecular complexity index is 798. The fourth-order valence-corrected chi connectivity index (χ4v) is 4.85. The first-order valence-corrected chi connectivity index (χ1v) is 10.1. The molecular weight excluding hydrogens is 385 g/mol. The molecule has 28 heavy (non-hydrogen) atoms. The van der Waals surface area contributed by atoms with Crippen molar-refractivity contribution in [1.29, 1.82) is 0 Å². The largest absolute Gasteiger partial charge is 0.353 e. The summed E-state index contributed by atoms with van der Waals surface area (Å²) in [7, 11) is 0. The Balaban J connectivity index is 1.39. The van der Waals surface area contributed by atoms with E-state index in [1.807, 2.05) is 0 Å². The average molecular weight is 408 g/mol. The number of halogens is 2. The average Bonchev–Trinajstić information content (AvgIpc) is 2.65. The summed E-state index contributed by atoms with van der Waals surface area (Å²) in [6.45, 7) is 2.26. The molecule has 4 rings (SSSR count). The second kappa shape index (κ2) is 7.70. The Morgan fingerprint density at radius 2 is 2.07 bits per heavy atom. The van der Waals surface area contributed by atoms with Crippen LogP contribution in [-0.4, -0.2) is 60.2 Å². The second-order valence-electron chi connectivity index (χ2n) is 7.88. The molecule has 3 amide bonds. The highest BCUT2D eigenvalue weighted by Crippen LogP contribution is 2.46. The first-order valence-electron chi connectivity index (χ1n) is 9.70. The van der Waals surface area contributed by atoms with Crippen LogP contribution in [0.25, 0.3) is 0 Å². The molecule has 150 valence electrons. The molecular formula is C20H23ClFN3O3. The van der Waals surface area contributed by atoms with Gasteiger partial charge in [0, 0.05) is 42.7 Å². The first kappa shape index (κ1) is 19.2. The molecule has 1 saturated carbocycles. The van der Waals surface area contributed by atoms with E-state index in [2.05, 4.69) is 5.32 Å². The van der Waals surface area contributed by atoms with Gasteiger partial charge in [-0.15, -0.1) is 0 Å². The van der Waals surface area contributed by atoms with Crippen LogP contribution in [-0.2, 0) is 20.8 Å². The van der Waals surface area contributed by atoms with Gasteiger partial charge in [0.2, 0.25) is 17.7 Å². The third-order valence-electron chi connectivity index (χ3n) is 6.29. The molecule has 1 aromatic carbocycles. The molecule has 3 aliphatic rings. The maximum atomic E-state index is 14.0. The summed E-state index contributed by atoms with van der Waals surface area (Å²) >= 11 is 6.04. The fourth-order valence-electron chi connectivity index (χ4n) is 4.62. The summed E-state index contributed by atoms with van der Waals surface area (Å²) in [5.74, 6) is -0.333. The number of nitrogens with one attached hydrogen (secondary N) is 1. The quantitative estimate of drug-likeness (QED) is 0.824. The van der Waals surface area contributed by atoms with Crippen LogP contribution in [0.3, 0.4) is 0 Å². The standard InChI is InChI=1S/C20H23ClFN3O3/c21-16-2-1-3-17(22)14(16)9-19(27)24-6-4-12-8-13(15(12)10-24)20(28)25-7-5-23-18(26)11-25/h1-3,12-13,15H,4-11H2,(H,23,26)/t12-,13-,15-/m1/s1. The van der Waals surface area contributed by atoms with Gasteiger partial charge in [-0.1, -0.05) is 17.7 Å². The molecule has 1 aromatic rings. The number of carbonyl (C=O) groups excluding carboxylic acids is 3. The van der Waals surface area contributed by atoms with Crippen molar-refractivity contribution < 1.29 is 18.8 Å². The van der Waals surface area contributed by atoms with E-state index < -0.39 is 5.82 Å². The Kier molecular flexibility index (Phi) is 5.27. The van der Waals surface area contributed by atoms with Crippen LogP contribution >= 0.6 is 11.6 Å². The summed E-state index contributed by atoms with van der Waals surface area (Å²) in [4.78, 5) is 40.4. The van der Waals surface area contributed by atoms with Crippen LogP contribution in [0.1, 0.15) is 18.4 Å². The van der Waals surface area contributed by atoms with Gasteiger partial charge in [0.1, 0.15) is 5.82 Å². The van der Waals surface area contributed by atoms with E-state index >= 15 is 0 Å². The molecule has 2 heterocycles. The monoisotopic (exact) mass is 407 g/mol. The topological polar surface area (TPSA) is 69.7 Å². The van der Waals surface area contributed by atoms with Gasteiger partial charge in [-0.2, -0.15) is 0 Å². The molecule has 3 fully saturated rings. The number of piperidine rings is 1. The minimum atomic E-state index is -0.476. The summed E-state index contributed by atoms with van der Waals surface area (Å²) in [6.07, 6.45) is 1.60. The zero-order chi connectivity index (χ0) is 19.8. The molecule has 2 saturated heterocycles. The van der Waals surface area contributed by atoms with E-state index in [9.17, 15) is 18.8 Å². The zero-order valence-corrected chi connectivity index (χ0v) is 16.3. The van der Waals surface area contributed by atoms with Crippen LogP contribution in [0.2, 0.25) is 5.02 Å². The van der Waals surface area contributed by atoms with Gasteiger partial charge in [0.05, 0.1) is 13.0 Å². The number of rotatable bonds is 3. The third kappa shape index (κ3) is 3.60. The number of piperazine rings is 1. The zero-order valence-electron chi connectivity index (χ0n) is 15.5. The van der Waals surface area contributed by atoms with Crippen molar-refractivity contribution in [2.24, 2.45) is 17.8 Å². The lowest BCUT2D eigenvalue weighted by Gasteiger charge is -2.51. The van der Waals surface area contributed by atoms with Gasteiger partial charge in [0.15, 0.2) is 0 Å². The van der Waals surface area contributed by atoms with Crippen molar-refractivity contribution >= 4 is 29.3 Å².